The van der Waals surface area contributed by atoms with Gasteiger partial charge in [-0.2, -0.15) is 0 Å². The molecule has 110 valence electrons. The Bertz CT molecular complexity index is 650. The Morgan fingerprint density at radius 3 is 2.86 bits per heavy atom. The third-order valence-corrected chi connectivity index (χ3v) is 5.50. The Labute approximate surface area is 138 Å². The zero-order valence-corrected chi connectivity index (χ0v) is 13.6. The molecule has 2 nitrogen and oxygen atoms in total. The quantitative estimate of drug-likeness (QED) is 0.899. The van der Waals surface area contributed by atoms with E-state index >= 15 is 0 Å². The second-order valence-electron chi connectivity index (χ2n) is 4.99. The molecule has 2 aromatic rings. The van der Waals surface area contributed by atoms with Crippen LogP contribution >= 0.6 is 35.0 Å². The summed E-state index contributed by atoms with van der Waals surface area (Å²) in [6.45, 7) is 0. The number of fused-ring (bicyclic) bond motifs is 1. The molecular weight excluding hydrogens is 325 g/mol. The van der Waals surface area contributed by atoms with Gasteiger partial charge in [-0.1, -0.05) is 47.5 Å². The Morgan fingerprint density at radius 2 is 2.00 bits per heavy atom. The molecule has 5 heteroatoms. The van der Waals surface area contributed by atoms with E-state index in [1.165, 1.54) is 4.90 Å². The number of hydrogen-bond donors (Lipinski definition) is 1. The largest absolute Gasteiger partial charge is 0.487 e. The number of nitrogens with two attached hydrogens (primary N) is 1. The van der Waals surface area contributed by atoms with Gasteiger partial charge in [0.2, 0.25) is 0 Å². The summed E-state index contributed by atoms with van der Waals surface area (Å²) in [6.07, 6.45) is 0.618. The molecule has 0 aliphatic carbocycles. The molecule has 0 spiro atoms. The van der Waals surface area contributed by atoms with E-state index in [9.17, 15) is 0 Å². The van der Waals surface area contributed by atoms with Crippen LogP contribution in [-0.4, -0.2) is 17.9 Å². The monoisotopic (exact) mass is 339 g/mol. The number of para-hydroxylation sites is 1. The summed E-state index contributed by atoms with van der Waals surface area (Å²) in [6, 6.07) is 13.5. The van der Waals surface area contributed by atoms with Crippen LogP contribution in [0.1, 0.15) is 5.56 Å². The van der Waals surface area contributed by atoms with E-state index < -0.39 is 0 Å². The van der Waals surface area contributed by atoms with Gasteiger partial charge in [-0.25, -0.2) is 0 Å². The topological polar surface area (TPSA) is 35.2 Å². The van der Waals surface area contributed by atoms with Gasteiger partial charge in [-0.15, -0.1) is 11.8 Å². The Hall–Kier alpha value is -0.870. The fraction of sp³-hybridized carbons (Fsp3) is 0.250. The van der Waals surface area contributed by atoms with E-state index in [0.717, 1.165) is 17.1 Å². The highest BCUT2D eigenvalue weighted by molar-refractivity contribution is 7.99. The first-order chi connectivity index (χ1) is 10.1. The fourth-order valence-electron chi connectivity index (χ4n) is 2.34. The number of benzene rings is 2. The summed E-state index contributed by atoms with van der Waals surface area (Å²) in [5.74, 6) is 1.75. The van der Waals surface area contributed by atoms with E-state index in [4.69, 9.17) is 33.7 Å². The number of hydrogen-bond acceptors (Lipinski definition) is 3. The minimum atomic E-state index is -0.123. The maximum absolute atomic E-state index is 6.32. The molecule has 2 atom stereocenters. The van der Waals surface area contributed by atoms with Crippen LogP contribution in [0.4, 0.5) is 0 Å². The predicted molar refractivity (Wildman–Crippen MR) is 89.7 cm³/mol. The first-order valence-electron chi connectivity index (χ1n) is 6.72. The molecule has 1 heterocycles. The molecule has 0 bridgehead atoms. The van der Waals surface area contributed by atoms with Crippen molar-refractivity contribution in [3.05, 3.63) is 58.1 Å². The van der Waals surface area contributed by atoms with Crippen LogP contribution in [0.5, 0.6) is 5.75 Å². The molecule has 1 aliphatic rings. The molecule has 0 radical (unpaired) electrons. The van der Waals surface area contributed by atoms with Gasteiger partial charge >= 0.3 is 0 Å². The second-order valence-corrected chi connectivity index (χ2v) is 6.84. The van der Waals surface area contributed by atoms with Gasteiger partial charge in [0.15, 0.2) is 0 Å². The minimum absolute atomic E-state index is 0.0278. The normalized spacial score (nSPS) is 18.7. The lowest BCUT2D eigenvalue weighted by Crippen LogP contribution is -2.43. The summed E-state index contributed by atoms with van der Waals surface area (Å²) in [7, 11) is 0. The van der Waals surface area contributed by atoms with Crippen molar-refractivity contribution in [1.29, 1.82) is 0 Å². The standard InChI is InChI=1S/C16H15Cl2NOS/c17-11-5-3-4-10(16(11)18)8-12(19)14-9-21-15-7-2-1-6-13(15)20-14/h1-7,12,14H,8-9,19H2. The molecule has 2 N–H and O–H groups in total. The van der Waals surface area contributed by atoms with Crippen LogP contribution in [0.25, 0.3) is 0 Å². The third kappa shape index (κ3) is 3.32. The molecular formula is C16H15Cl2NOS. The molecule has 0 aromatic heterocycles. The lowest BCUT2D eigenvalue weighted by atomic mass is 10.0. The van der Waals surface area contributed by atoms with E-state index in [1.807, 2.05) is 30.3 Å². The van der Waals surface area contributed by atoms with Crippen molar-refractivity contribution >= 4 is 35.0 Å². The van der Waals surface area contributed by atoms with E-state index in [2.05, 4.69) is 6.07 Å². The molecule has 21 heavy (non-hydrogen) atoms. The van der Waals surface area contributed by atoms with Gasteiger partial charge in [0.05, 0.1) is 10.0 Å². The summed E-state index contributed by atoms with van der Waals surface area (Å²) >= 11 is 14.0. The molecule has 0 amide bonds. The van der Waals surface area contributed by atoms with E-state index in [-0.39, 0.29) is 12.1 Å². The molecule has 0 saturated carbocycles. The van der Waals surface area contributed by atoms with Crippen molar-refractivity contribution in [2.45, 2.75) is 23.5 Å². The highest BCUT2D eigenvalue weighted by Gasteiger charge is 2.26. The zero-order chi connectivity index (χ0) is 14.8. The molecule has 0 saturated heterocycles. The van der Waals surface area contributed by atoms with E-state index in [0.29, 0.717) is 16.5 Å². The smallest absolute Gasteiger partial charge is 0.133 e. The van der Waals surface area contributed by atoms with Crippen molar-refractivity contribution in [2.75, 3.05) is 5.75 Å². The maximum Gasteiger partial charge on any atom is 0.133 e. The van der Waals surface area contributed by atoms with Gasteiger partial charge in [0.1, 0.15) is 11.9 Å². The molecule has 0 fully saturated rings. The summed E-state index contributed by atoms with van der Waals surface area (Å²) in [4.78, 5) is 1.17. The van der Waals surface area contributed by atoms with Crippen LogP contribution in [-0.2, 0) is 6.42 Å². The SMILES string of the molecule is NC(Cc1cccc(Cl)c1Cl)C1CSc2ccccc2O1. The molecule has 1 aliphatic heterocycles. The first-order valence-corrected chi connectivity index (χ1v) is 8.46. The predicted octanol–water partition coefficient (Wildman–Crippen LogP) is 4.42. The number of ether oxygens (including phenoxy) is 1. The molecule has 2 aromatic carbocycles. The van der Waals surface area contributed by atoms with Gasteiger partial charge in [-0.05, 0) is 30.2 Å². The Morgan fingerprint density at radius 1 is 1.19 bits per heavy atom. The highest BCUT2D eigenvalue weighted by Crippen LogP contribution is 2.36. The fourth-order valence-corrected chi connectivity index (χ4v) is 3.83. The molecule has 2 unspecified atom stereocenters. The van der Waals surface area contributed by atoms with Crippen molar-refractivity contribution in [2.24, 2.45) is 5.73 Å². The summed E-state index contributed by atoms with van der Waals surface area (Å²) < 4.78 is 6.01. The van der Waals surface area contributed by atoms with Gasteiger partial charge in [0.25, 0.3) is 0 Å². The average molecular weight is 340 g/mol. The van der Waals surface area contributed by atoms with Crippen LogP contribution in [0, 0.1) is 0 Å². The number of rotatable bonds is 3. The van der Waals surface area contributed by atoms with Crippen molar-refractivity contribution < 1.29 is 4.74 Å². The number of thioether (sulfide) groups is 1. The lowest BCUT2D eigenvalue weighted by molar-refractivity contribution is 0.184. The lowest BCUT2D eigenvalue weighted by Gasteiger charge is -2.30. The second kappa shape index (κ2) is 6.49. The van der Waals surface area contributed by atoms with Crippen molar-refractivity contribution in [1.82, 2.24) is 0 Å². The third-order valence-electron chi connectivity index (χ3n) is 3.50. The average Bonchev–Trinajstić information content (AvgIpc) is 2.51. The molecule has 3 rings (SSSR count). The maximum atomic E-state index is 6.32. The Kier molecular flexibility index (Phi) is 4.65. The van der Waals surface area contributed by atoms with Gasteiger partial charge < -0.3 is 10.5 Å². The zero-order valence-electron chi connectivity index (χ0n) is 11.3. The Balaban J connectivity index is 1.72. The number of halogens is 2. The summed E-state index contributed by atoms with van der Waals surface area (Å²) in [5, 5.41) is 1.14. The van der Waals surface area contributed by atoms with Crippen LogP contribution in [0.2, 0.25) is 10.0 Å². The first kappa shape index (κ1) is 15.0. The van der Waals surface area contributed by atoms with Gasteiger partial charge in [-0.3, -0.25) is 0 Å². The summed E-state index contributed by atoms with van der Waals surface area (Å²) in [5.41, 5.74) is 7.28. The van der Waals surface area contributed by atoms with Crippen molar-refractivity contribution in [3.8, 4) is 5.75 Å². The van der Waals surface area contributed by atoms with Crippen LogP contribution < -0.4 is 10.5 Å². The van der Waals surface area contributed by atoms with Gasteiger partial charge in [0, 0.05) is 16.7 Å². The van der Waals surface area contributed by atoms with Crippen LogP contribution in [0.3, 0.4) is 0 Å². The minimum Gasteiger partial charge on any atom is -0.487 e. The van der Waals surface area contributed by atoms with E-state index in [1.54, 1.807) is 17.8 Å². The van der Waals surface area contributed by atoms with Crippen LogP contribution in [0.15, 0.2) is 47.4 Å². The highest BCUT2D eigenvalue weighted by atomic mass is 35.5. The van der Waals surface area contributed by atoms with Crippen molar-refractivity contribution in [3.63, 3.8) is 0 Å².